The standard InChI is InChI=1S/C14H25FN2/c1-16-9-7-14(15,8-10-16)11-17-12-3-2-4-13(17)6-5-12/h12-13H,2-11H2,1H3/t12-,13+. The van der Waals surface area contributed by atoms with E-state index >= 15 is 0 Å². The van der Waals surface area contributed by atoms with E-state index in [9.17, 15) is 4.39 Å². The lowest BCUT2D eigenvalue weighted by molar-refractivity contribution is 0.00448. The summed E-state index contributed by atoms with van der Waals surface area (Å²) < 4.78 is 14.8. The smallest absolute Gasteiger partial charge is 0.126 e. The first-order valence-corrected chi connectivity index (χ1v) is 7.29. The fourth-order valence-corrected chi connectivity index (χ4v) is 3.99. The Morgan fingerprint density at radius 3 is 2.24 bits per heavy atom. The monoisotopic (exact) mass is 240 g/mol. The fraction of sp³-hybridized carbons (Fsp3) is 1.00. The molecule has 2 bridgehead atoms. The molecule has 3 saturated heterocycles. The molecule has 17 heavy (non-hydrogen) atoms. The number of halogens is 1. The van der Waals surface area contributed by atoms with Gasteiger partial charge in [-0.1, -0.05) is 6.42 Å². The molecule has 0 N–H and O–H groups in total. The summed E-state index contributed by atoms with van der Waals surface area (Å²) in [6.07, 6.45) is 8.10. The van der Waals surface area contributed by atoms with Crippen molar-refractivity contribution < 1.29 is 4.39 Å². The summed E-state index contributed by atoms with van der Waals surface area (Å²) in [6.45, 7) is 2.58. The molecule has 3 heterocycles. The molecule has 0 aromatic heterocycles. The molecule has 0 radical (unpaired) electrons. The predicted molar refractivity (Wildman–Crippen MR) is 67.9 cm³/mol. The molecule has 0 spiro atoms. The molecule has 0 aromatic carbocycles. The van der Waals surface area contributed by atoms with Gasteiger partial charge >= 0.3 is 0 Å². The Kier molecular flexibility index (Phi) is 3.16. The SMILES string of the molecule is CN1CCC(F)(CN2[C@@H]3CCC[C@H]2CC3)CC1. The fourth-order valence-electron chi connectivity index (χ4n) is 3.99. The van der Waals surface area contributed by atoms with Gasteiger partial charge in [-0.15, -0.1) is 0 Å². The Hall–Kier alpha value is -0.150. The zero-order valence-corrected chi connectivity index (χ0v) is 11.0. The average Bonchev–Trinajstić information content (AvgIpc) is 2.55. The Morgan fingerprint density at radius 2 is 1.65 bits per heavy atom. The molecule has 3 fully saturated rings. The van der Waals surface area contributed by atoms with Crippen LogP contribution in [0.3, 0.4) is 0 Å². The summed E-state index contributed by atoms with van der Waals surface area (Å²) in [7, 11) is 2.10. The number of fused-ring (bicyclic) bond motifs is 2. The highest BCUT2D eigenvalue weighted by atomic mass is 19.1. The van der Waals surface area contributed by atoms with Crippen LogP contribution in [0.2, 0.25) is 0 Å². The van der Waals surface area contributed by atoms with Crippen LogP contribution in [0.1, 0.15) is 44.9 Å². The summed E-state index contributed by atoms with van der Waals surface area (Å²) >= 11 is 0. The van der Waals surface area contributed by atoms with E-state index in [2.05, 4.69) is 16.8 Å². The molecule has 0 saturated carbocycles. The zero-order chi connectivity index (χ0) is 11.9. The second kappa shape index (κ2) is 4.51. The van der Waals surface area contributed by atoms with Crippen LogP contribution < -0.4 is 0 Å². The van der Waals surface area contributed by atoms with Gasteiger partial charge in [-0.3, -0.25) is 4.90 Å². The summed E-state index contributed by atoms with van der Waals surface area (Å²) in [5, 5.41) is 0. The number of piperidine rings is 2. The van der Waals surface area contributed by atoms with E-state index in [-0.39, 0.29) is 0 Å². The quantitative estimate of drug-likeness (QED) is 0.731. The first-order valence-electron chi connectivity index (χ1n) is 7.29. The van der Waals surface area contributed by atoms with E-state index in [0.29, 0.717) is 12.1 Å². The van der Waals surface area contributed by atoms with Gasteiger partial charge in [0, 0.05) is 31.7 Å². The van der Waals surface area contributed by atoms with Gasteiger partial charge in [0.25, 0.3) is 0 Å². The van der Waals surface area contributed by atoms with Gasteiger partial charge in [0.2, 0.25) is 0 Å². The van der Waals surface area contributed by atoms with Crippen LogP contribution in [0.25, 0.3) is 0 Å². The second-order valence-electron chi connectivity index (χ2n) is 6.44. The molecule has 98 valence electrons. The summed E-state index contributed by atoms with van der Waals surface area (Å²) in [6, 6.07) is 1.42. The third-order valence-corrected chi connectivity index (χ3v) is 5.19. The Balaban J connectivity index is 1.62. The molecule has 3 heteroatoms. The van der Waals surface area contributed by atoms with Gasteiger partial charge in [-0.05, 0) is 45.6 Å². The average molecular weight is 240 g/mol. The Morgan fingerprint density at radius 1 is 1.06 bits per heavy atom. The topological polar surface area (TPSA) is 6.48 Å². The Labute approximate surface area is 104 Å². The predicted octanol–water partition coefficient (Wildman–Crippen LogP) is 2.44. The first kappa shape index (κ1) is 11.9. The van der Waals surface area contributed by atoms with Crippen molar-refractivity contribution in [2.45, 2.75) is 62.7 Å². The number of likely N-dealkylation sites (tertiary alicyclic amines) is 1. The minimum atomic E-state index is -0.898. The van der Waals surface area contributed by atoms with Gasteiger partial charge < -0.3 is 4.90 Å². The van der Waals surface area contributed by atoms with Crippen molar-refractivity contribution in [3.8, 4) is 0 Å². The van der Waals surface area contributed by atoms with Crippen LogP contribution in [-0.2, 0) is 0 Å². The minimum Gasteiger partial charge on any atom is -0.306 e. The van der Waals surface area contributed by atoms with E-state index < -0.39 is 5.67 Å². The van der Waals surface area contributed by atoms with Crippen molar-refractivity contribution in [3.63, 3.8) is 0 Å². The molecular formula is C14H25FN2. The lowest BCUT2D eigenvalue weighted by Gasteiger charge is -2.42. The van der Waals surface area contributed by atoms with Crippen LogP contribution in [0.15, 0.2) is 0 Å². The third kappa shape index (κ3) is 2.37. The molecule has 3 aliphatic heterocycles. The van der Waals surface area contributed by atoms with Crippen LogP contribution in [0.5, 0.6) is 0 Å². The molecule has 2 atom stereocenters. The van der Waals surface area contributed by atoms with Crippen molar-refractivity contribution in [3.05, 3.63) is 0 Å². The molecule has 2 nitrogen and oxygen atoms in total. The van der Waals surface area contributed by atoms with Crippen molar-refractivity contribution in [2.24, 2.45) is 0 Å². The summed E-state index contributed by atoms with van der Waals surface area (Å²) in [5.41, 5.74) is -0.898. The van der Waals surface area contributed by atoms with Crippen LogP contribution in [0.4, 0.5) is 4.39 Å². The highest BCUT2D eigenvalue weighted by Gasteiger charge is 2.43. The number of nitrogens with zero attached hydrogens (tertiary/aromatic N) is 2. The van der Waals surface area contributed by atoms with Crippen LogP contribution in [0, 0.1) is 0 Å². The van der Waals surface area contributed by atoms with Gasteiger partial charge in [-0.25, -0.2) is 4.39 Å². The van der Waals surface area contributed by atoms with E-state index in [1.54, 1.807) is 0 Å². The molecular weight excluding hydrogens is 215 g/mol. The highest BCUT2D eigenvalue weighted by Crippen LogP contribution is 2.38. The largest absolute Gasteiger partial charge is 0.306 e. The lowest BCUT2D eigenvalue weighted by atomic mass is 9.91. The minimum absolute atomic E-state index is 0.709. The van der Waals surface area contributed by atoms with E-state index in [0.717, 1.165) is 32.5 Å². The van der Waals surface area contributed by atoms with Gasteiger partial charge in [0.1, 0.15) is 5.67 Å². The maximum Gasteiger partial charge on any atom is 0.126 e. The molecule has 0 unspecified atom stereocenters. The number of hydrogen-bond donors (Lipinski definition) is 0. The maximum absolute atomic E-state index is 14.8. The molecule has 3 rings (SSSR count). The maximum atomic E-state index is 14.8. The summed E-state index contributed by atoms with van der Waals surface area (Å²) in [5.74, 6) is 0. The number of alkyl halides is 1. The van der Waals surface area contributed by atoms with Crippen LogP contribution in [-0.4, -0.2) is 54.2 Å². The van der Waals surface area contributed by atoms with Gasteiger partial charge in [-0.2, -0.15) is 0 Å². The highest BCUT2D eigenvalue weighted by molar-refractivity contribution is 4.97. The first-order chi connectivity index (χ1) is 8.16. The second-order valence-corrected chi connectivity index (χ2v) is 6.44. The number of hydrogen-bond acceptors (Lipinski definition) is 2. The van der Waals surface area contributed by atoms with Crippen LogP contribution >= 0.6 is 0 Å². The number of rotatable bonds is 2. The van der Waals surface area contributed by atoms with Gasteiger partial charge in [0.05, 0.1) is 0 Å². The molecule has 0 amide bonds. The zero-order valence-electron chi connectivity index (χ0n) is 11.0. The Bertz CT molecular complexity index is 257. The van der Waals surface area contributed by atoms with Crippen molar-refractivity contribution in [1.29, 1.82) is 0 Å². The van der Waals surface area contributed by atoms with Gasteiger partial charge in [0.15, 0.2) is 0 Å². The molecule has 0 aliphatic carbocycles. The van der Waals surface area contributed by atoms with Crippen molar-refractivity contribution >= 4 is 0 Å². The normalized spacial score (nSPS) is 38.5. The summed E-state index contributed by atoms with van der Waals surface area (Å²) in [4.78, 5) is 4.78. The molecule has 3 aliphatic rings. The van der Waals surface area contributed by atoms with Crippen molar-refractivity contribution in [1.82, 2.24) is 9.80 Å². The third-order valence-electron chi connectivity index (χ3n) is 5.19. The van der Waals surface area contributed by atoms with E-state index in [1.807, 2.05) is 0 Å². The lowest BCUT2D eigenvalue weighted by Crippen LogP contribution is -2.51. The molecule has 0 aromatic rings. The van der Waals surface area contributed by atoms with E-state index in [4.69, 9.17) is 0 Å². The van der Waals surface area contributed by atoms with Crippen molar-refractivity contribution in [2.75, 3.05) is 26.7 Å². The van der Waals surface area contributed by atoms with E-state index in [1.165, 1.54) is 32.1 Å².